The van der Waals surface area contributed by atoms with E-state index in [-0.39, 0.29) is 5.56 Å². The van der Waals surface area contributed by atoms with Gasteiger partial charge in [-0.3, -0.25) is 0 Å². The van der Waals surface area contributed by atoms with E-state index >= 15 is 0 Å². The highest BCUT2D eigenvalue weighted by Crippen LogP contribution is 2.41. The molecule has 138 valence electrons. The van der Waals surface area contributed by atoms with Crippen LogP contribution in [0.5, 0.6) is 5.88 Å². The lowest BCUT2D eigenvalue weighted by atomic mass is 10.1. The molecule has 0 fully saturated rings. The molecule has 0 bridgehead atoms. The molecule has 0 amide bonds. The maximum Gasteiger partial charge on any atom is 0.408 e. The molecule has 3 rings (SSSR count). The first-order chi connectivity index (χ1) is 12.3. The summed E-state index contributed by atoms with van der Waals surface area (Å²) in [4.78, 5) is 4.12. The fraction of sp³-hybridized carbons (Fsp3) is 0.250. The van der Waals surface area contributed by atoms with Gasteiger partial charge in [0.1, 0.15) is 16.9 Å². The van der Waals surface area contributed by atoms with Gasteiger partial charge in [0, 0.05) is 6.07 Å². The third kappa shape index (κ3) is 3.75. The van der Waals surface area contributed by atoms with Gasteiger partial charge in [-0.2, -0.15) is 13.2 Å². The van der Waals surface area contributed by atoms with Crippen LogP contribution in [0.25, 0.3) is 5.65 Å². The maximum atomic E-state index is 13.6. The second-order valence-electron chi connectivity index (χ2n) is 5.38. The average molecular weight is 386 g/mol. The summed E-state index contributed by atoms with van der Waals surface area (Å²) < 4.78 is 61.4. The number of rotatable bonds is 5. The van der Waals surface area contributed by atoms with Gasteiger partial charge in [0.15, 0.2) is 5.65 Å². The molecule has 5 nitrogen and oxygen atoms in total. The molecule has 0 saturated heterocycles. The van der Waals surface area contributed by atoms with Crippen LogP contribution in [0.4, 0.5) is 17.6 Å². The zero-order valence-corrected chi connectivity index (χ0v) is 14.6. The van der Waals surface area contributed by atoms with Crippen molar-refractivity contribution in [3.63, 3.8) is 0 Å². The van der Waals surface area contributed by atoms with Gasteiger partial charge in [-0.15, -0.1) is 5.10 Å². The number of fused-ring (bicyclic) bond motifs is 1. The molecule has 0 saturated carbocycles. The number of methoxy groups -OCH3 is 1. The van der Waals surface area contributed by atoms with Crippen molar-refractivity contribution in [2.75, 3.05) is 14.2 Å². The van der Waals surface area contributed by atoms with Gasteiger partial charge in [-0.1, -0.05) is 12.1 Å². The van der Waals surface area contributed by atoms with E-state index in [0.717, 1.165) is 40.5 Å². The van der Waals surface area contributed by atoms with Gasteiger partial charge in [-0.25, -0.2) is 18.2 Å². The number of hydrogen-bond donors (Lipinski definition) is 0. The van der Waals surface area contributed by atoms with Gasteiger partial charge in [0.2, 0.25) is 5.88 Å². The molecule has 2 aromatic heterocycles. The predicted octanol–water partition coefficient (Wildman–Crippen LogP) is 4.12. The third-order valence-corrected chi connectivity index (χ3v) is 4.58. The minimum atomic E-state index is -4.55. The number of ether oxygens (including phenoxy) is 1. The molecule has 0 unspecified atom stereocenters. The van der Waals surface area contributed by atoms with Crippen LogP contribution in [0.3, 0.4) is 0 Å². The molecule has 0 spiro atoms. The van der Waals surface area contributed by atoms with Crippen molar-refractivity contribution in [2.45, 2.75) is 17.2 Å². The topological polar surface area (TPSA) is 42.7 Å². The van der Waals surface area contributed by atoms with Gasteiger partial charge >= 0.3 is 6.18 Å². The van der Waals surface area contributed by atoms with Crippen molar-refractivity contribution in [3.8, 4) is 5.88 Å². The van der Waals surface area contributed by atoms with Crippen LogP contribution in [0, 0.1) is 5.82 Å². The van der Waals surface area contributed by atoms with E-state index in [1.165, 1.54) is 24.9 Å². The van der Waals surface area contributed by atoms with Gasteiger partial charge in [-0.05, 0) is 42.8 Å². The zero-order valence-electron chi connectivity index (χ0n) is 13.7. The first kappa shape index (κ1) is 18.5. The first-order valence-corrected chi connectivity index (χ1v) is 8.18. The summed E-state index contributed by atoms with van der Waals surface area (Å²) in [5.74, 6) is -0.283. The van der Waals surface area contributed by atoms with Crippen molar-refractivity contribution < 1.29 is 22.3 Å². The third-order valence-electron chi connectivity index (χ3n) is 3.61. The summed E-state index contributed by atoms with van der Waals surface area (Å²) in [7, 11) is 2.75. The lowest BCUT2D eigenvalue weighted by molar-refractivity contribution is -0.169. The predicted molar refractivity (Wildman–Crippen MR) is 88.4 cm³/mol. The van der Waals surface area contributed by atoms with E-state index in [1.54, 1.807) is 12.1 Å². The monoisotopic (exact) mass is 386 g/mol. The van der Waals surface area contributed by atoms with E-state index in [2.05, 4.69) is 10.1 Å². The van der Waals surface area contributed by atoms with Crippen molar-refractivity contribution in [2.24, 2.45) is 0 Å². The minimum Gasteiger partial charge on any atom is -0.480 e. The minimum absolute atomic E-state index is 0.0618. The van der Waals surface area contributed by atoms with E-state index in [9.17, 15) is 17.6 Å². The highest BCUT2D eigenvalue weighted by atomic mass is 32.2. The Bertz CT molecular complexity index is 897. The Hall–Kier alpha value is -2.33. The van der Waals surface area contributed by atoms with Crippen molar-refractivity contribution in [1.29, 1.82) is 0 Å². The average Bonchev–Trinajstić information content (AvgIpc) is 2.97. The molecule has 1 atom stereocenters. The molecule has 0 aliphatic carbocycles. The molecule has 0 aliphatic rings. The second-order valence-corrected chi connectivity index (χ2v) is 6.55. The number of aromatic nitrogens is 3. The van der Waals surface area contributed by atoms with Crippen LogP contribution in [0.2, 0.25) is 0 Å². The zero-order chi connectivity index (χ0) is 18.9. The molecular weight excluding hydrogens is 372 g/mol. The number of hydrogen-bond acceptors (Lipinski definition) is 5. The first-order valence-electron chi connectivity index (χ1n) is 7.41. The Kier molecular flexibility index (Phi) is 5.05. The summed E-state index contributed by atoms with van der Waals surface area (Å²) in [6.45, 7) is 0. The number of benzene rings is 1. The second kappa shape index (κ2) is 7.12. The van der Waals surface area contributed by atoms with Crippen LogP contribution in [0.15, 0.2) is 47.6 Å². The van der Waals surface area contributed by atoms with Gasteiger partial charge in [0.25, 0.3) is 0 Å². The molecule has 10 heteroatoms. The van der Waals surface area contributed by atoms with Crippen molar-refractivity contribution in [3.05, 3.63) is 54.0 Å². The molecule has 0 aliphatic heterocycles. The summed E-state index contributed by atoms with van der Waals surface area (Å²) in [6, 6.07) is 5.60. The van der Waals surface area contributed by atoms with Crippen LogP contribution in [-0.2, 0) is 0 Å². The Morgan fingerprint density at radius 1 is 1.15 bits per heavy atom. The molecule has 3 aromatic rings. The van der Waals surface area contributed by atoms with E-state index in [4.69, 9.17) is 4.74 Å². The van der Waals surface area contributed by atoms with E-state index in [0.29, 0.717) is 16.6 Å². The highest BCUT2D eigenvalue weighted by Gasteiger charge is 2.44. The SMILES string of the molecule is COc1ccc2ncc(SN(C)[C@H](c3ccc(F)cc3)C(F)(F)F)n2n1. The molecular formula is C16H14F4N4OS. The van der Waals surface area contributed by atoms with Crippen molar-refractivity contribution in [1.82, 2.24) is 18.9 Å². The molecule has 0 N–H and O–H groups in total. The smallest absolute Gasteiger partial charge is 0.408 e. The van der Waals surface area contributed by atoms with Gasteiger partial charge in [0.05, 0.1) is 13.3 Å². The maximum absolute atomic E-state index is 13.6. The standard InChI is InChI=1S/C16H14F4N4OS/c1-23(15(16(18,19)20)10-3-5-11(17)6-4-10)26-14-9-21-12-7-8-13(25-2)22-24(12)14/h3-9,15H,1-2H3/t15-/m1/s1. The van der Waals surface area contributed by atoms with Crippen LogP contribution >= 0.6 is 11.9 Å². The number of alkyl halides is 3. The van der Waals surface area contributed by atoms with Crippen molar-refractivity contribution >= 4 is 17.6 Å². The summed E-state index contributed by atoms with van der Waals surface area (Å²) >= 11 is 0.835. The number of halogens is 4. The Labute approximate surface area is 150 Å². The number of imidazole rings is 1. The lowest BCUT2D eigenvalue weighted by Crippen LogP contribution is -2.32. The lowest BCUT2D eigenvalue weighted by Gasteiger charge is -2.28. The summed E-state index contributed by atoms with van der Waals surface area (Å²) in [5, 5.41) is 4.55. The fourth-order valence-corrected chi connectivity index (χ4v) is 3.41. The largest absolute Gasteiger partial charge is 0.480 e. The Morgan fingerprint density at radius 3 is 2.46 bits per heavy atom. The molecule has 2 heterocycles. The molecule has 26 heavy (non-hydrogen) atoms. The Balaban J connectivity index is 1.93. The van der Waals surface area contributed by atoms with Crippen LogP contribution in [-0.4, -0.2) is 39.2 Å². The Morgan fingerprint density at radius 2 is 1.85 bits per heavy atom. The van der Waals surface area contributed by atoms with Crippen LogP contribution in [0.1, 0.15) is 11.6 Å². The quantitative estimate of drug-likeness (QED) is 0.488. The van der Waals surface area contributed by atoms with Crippen LogP contribution < -0.4 is 4.74 Å². The highest BCUT2D eigenvalue weighted by molar-refractivity contribution is 7.97. The van der Waals surface area contributed by atoms with Gasteiger partial charge < -0.3 is 4.74 Å². The van der Waals surface area contributed by atoms with E-state index in [1.807, 2.05) is 0 Å². The van der Waals surface area contributed by atoms with E-state index < -0.39 is 18.0 Å². The molecule has 1 aromatic carbocycles. The summed E-state index contributed by atoms with van der Waals surface area (Å²) in [6.07, 6.45) is -3.12. The molecule has 0 radical (unpaired) electrons. The normalized spacial score (nSPS) is 13.3. The fourth-order valence-electron chi connectivity index (χ4n) is 2.46. The number of nitrogens with zero attached hydrogens (tertiary/aromatic N) is 4. The summed E-state index contributed by atoms with van der Waals surface area (Å²) in [5.41, 5.74) is 0.417.